The van der Waals surface area contributed by atoms with Crippen molar-refractivity contribution in [3.05, 3.63) is 96.2 Å². The highest BCUT2D eigenvalue weighted by molar-refractivity contribution is 6.24. The second-order valence-electron chi connectivity index (χ2n) is 9.04. The van der Waals surface area contributed by atoms with Gasteiger partial charge in [-0.3, -0.25) is 9.59 Å². The fraction of sp³-hybridized carbons (Fsp3) is 0.241. The van der Waals surface area contributed by atoms with Gasteiger partial charge < -0.3 is 10.6 Å². The summed E-state index contributed by atoms with van der Waals surface area (Å²) in [6.45, 7) is 3.51. The molecule has 7 heteroatoms. The molecule has 0 saturated carbocycles. The number of piperidine rings is 1. The minimum Gasteiger partial charge on any atom is -0.348 e. The van der Waals surface area contributed by atoms with Gasteiger partial charge in [-0.2, -0.15) is 4.98 Å². The summed E-state index contributed by atoms with van der Waals surface area (Å²) >= 11 is 0. The SMILES string of the molecule is C[C@H](Nc1nccc(N(C(=O)c2cccc3ccccc23)C(=O)C2CCNCC2)n1)c1ccccc1. The summed E-state index contributed by atoms with van der Waals surface area (Å²) in [4.78, 5) is 38.0. The van der Waals surface area contributed by atoms with Gasteiger partial charge in [-0.15, -0.1) is 0 Å². The lowest BCUT2D eigenvalue weighted by molar-refractivity contribution is -0.122. The molecule has 2 heterocycles. The van der Waals surface area contributed by atoms with Gasteiger partial charge in [-0.05, 0) is 55.3 Å². The minimum atomic E-state index is -0.379. The molecule has 1 aliphatic heterocycles. The third-order valence-electron chi connectivity index (χ3n) is 6.65. The van der Waals surface area contributed by atoms with Crippen molar-refractivity contribution in [2.24, 2.45) is 5.92 Å². The van der Waals surface area contributed by atoms with Crippen LogP contribution in [0.25, 0.3) is 10.8 Å². The number of carbonyl (C=O) groups is 2. The number of anilines is 2. The molecule has 3 aromatic carbocycles. The van der Waals surface area contributed by atoms with E-state index in [-0.39, 0.29) is 29.6 Å². The predicted molar refractivity (Wildman–Crippen MR) is 142 cm³/mol. The van der Waals surface area contributed by atoms with Gasteiger partial charge in [0.2, 0.25) is 11.9 Å². The monoisotopic (exact) mass is 479 g/mol. The molecule has 1 aromatic heterocycles. The molecule has 0 bridgehead atoms. The van der Waals surface area contributed by atoms with E-state index in [0.717, 1.165) is 29.4 Å². The summed E-state index contributed by atoms with van der Waals surface area (Å²) in [6, 6.07) is 24.8. The summed E-state index contributed by atoms with van der Waals surface area (Å²) in [7, 11) is 0. The molecule has 0 aliphatic carbocycles. The van der Waals surface area contributed by atoms with E-state index >= 15 is 0 Å². The van der Waals surface area contributed by atoms with Crippen molar-refractivity contribution < 1.29 is 9.59 Å². The number of amides is 2. The van der Waals surface area contributed by atoms with Crippen LogP contribution in [0, 0.1) is 5.92 Å². The number of hydrogen-bond donors (Lipinski definition) is 2. The highest BCUT2D eigenvalue weighted by Crippen LogP contribution is 2.27. The Morgan fingerprint density at radius 1 is 0.944 bits per heavy atom. The van der Waals surface area contributed by atoms with E-state index in [1.165, 1.54) is 4.90 Å². The number of hydrogen-bond acceptors (Lipinski definition) is 6. The zero-order chi connectivity index (χ0) is 24.9. The molecule has 5 rings (SSSR count). The average molecular weight is 480 g/mol. The number of rotatable bonds is 6. The lowest BCUT2D eigenvalue weighted by Crippen LogP contribution is -2.45. The van der Waals surface area contributed by atoms with Crippen molar-refractivity contribution in [1.29, 1.82) is 0 Å². The van der Waals surface area contributed by atoms with Crippen LogP contribution in [-0.2, 0) is 4.79 Å². The molecule has 2 amide bonds. The Morgan fingerprint density at radius 3 is 2.47 bits per heavy atom. The third-order valence-corrected chi connectivity index (χ3v) is 6.65. The van der Waals surface area contributed by atoms with E-state index in [2.05, 4.69) is 20.6 Å². The molecular formula is C29H29N5O2. The Kier molecular flexibility index (Phi) is 7.00. The standard InChI is InChI=1S/C29H29N5O2/c1-20(21-8-3-2-4-9-21)32-29-31-19-16-26(33-29)34(27(35)23-14-17-30-18-15-23)28(36)25-13-7-11-22-10-5-6-12-24(22)25/h2-13,16,19-20,23,30H,14-15,17-18H2,1H3,(H,31,32,33)/t20-/m0/s1. The maximum atomic E-state index is 14.0. The van der Waals surface area contributed by atoms with E-state index < -0.39 is 0 Å². The van der Waals surface area contributed by atoms with Crippen LogP contribution in [0.5, 0.6) is 0 Å². The maximum absolute atomic E-state index is 14.0. The number of benzene rings is 3. The van der Waals surface area contributed by atoms with Gasteiger partial charge in [0, 0.05) is 23.7 Å². The molecule has 36 heavy (non-hydrogen) atoms. The van der Waals surface area contributed by atoms with Crippen molar-refractivity contribution in [2.75, 3.05) is 23.3 Å². The van der Waals surface area contributed by atoms with Crippen molar-refractivity contribution in [1.82, 2.24) is 15.3 Å². The Balaban J connectivity index is 1.52. The van der Waals surface area contributed by atoms with Gasteiger partial charge in [0.15, 0.2) is 0 Å². The molecule has 1 atom stereocenters. The second-order valence-corrected chi connectivity index (χ2v) is 9.04. The molecule has 4 aromatic rings. The van der Waals surface area contributed by atoms with E-state index in [1.54, 1.807) is 18.3 Å². The Bertz CT molecular complexity index is 1360. The molecule has 1 fully saturated rings. The van der Waals surface area contributed by atoms with E-state index in [1.807, 2.05) is 73.7 Å². The quantitative estimate of drug-likeness (QED) is 0.380. The number of nitrogens with one attached hydrogen (secondary N) is 2. The number of fused-ring (bicyclic) bond motifs is 1. The lowest BCUT2D eigenvalue weighted by Gasteiger charge is -2.28. The van der Waals surface area contributed by atoms with Crippen LogP contribution >= 0.6 is 0 Å². The highest BCUT2D eigenvalue weighted by atomic mass is 16.2. The zero-order valence-corrected chi connectivity index (χ0v) is 20.2. The van der Waals surface area contributed by atoms with Crippen molar-refractivity contribution in [3.8, 4) is 0 Å². The predicted octanol–water partition coefficient (Wildman–Crippen LogP) is 4.98. The summed E-state index contributed by atoms with van der Waals surface area (Å²) < 4.78 is 0. The van der Waals surface area contributed by atoms with Gasteiger partial charge in [-0.25, -0.2) is 9.88 Å². The fourth-order valence-corrected chi connectivity index (χ4v) is 4.66. The maximum Gasteiger partial charge on any atom is 0.266 e. The first kappa shape index (κ1) is 23.6. The molecule has 182 valence electrons. The first-order valence-corrected chi connectivity index (χ1v) is 12.3. The Labute approximate surface area is 210 Å². The first-order valence-electron chi connectivity index (χ1n) is 12.3. The largest absolute Gasteiger partial charge is 0.348 e. The molecule has 7 nitrogen and oxygen atoms in total. The van der Waals surface area contributed by atoms with Crippen LogP contribution in [0.3, 0.4) is 0 Å². The number of nitrogens with zero attached hydrogens (tertiary/aromatic N) is 3. The normalized spacial score (nSPS) is 14.8. The minimum absolute atomic E-state index is 0.0520. The van der Waals surface area contributed by atoms with Crippen LogP contribution in [0.15, 0.2) is 85.1 Å². The summed E-state index contributed by atoms with van der Waals surface area (Å²) in [6.07, 6.45) is 2.94. The van der Waals surface area contributed by atoms with Crippen molar-refractivity contribution in [3.63, 3.8) is 0 Å². The highest BCUT2D eigenvalue weighted by Gasteiger charge is 2.33. The summed E-state index contributed by atoms with van der Waals surface area (Å²) in [5.74, 6) is -0.224. The van der Waals surface area contributed by atoms with E-state index in [4.69, 9.17) is 0 Å². The summed E-state index contributed by atoms with van der Waals surface area (Å²) in [5.41, 5.74) is 1.56. The van der Waals surface area contributed by atoms with Gasteiger partial charge in [0.05, 0.1) is 6.04 Å². The molecular weight excluding hydrogens is 450 g/mol. The van der Waals surface area contributed by atoms with Crippen molar-refractivity contribution >= 4 is 34.4 Å². The summed E-state index contributed by atoms with van der Waals surface area (Å²) in [5, 5.41) is 8.33. The molecule has 1 aliphatic rings. The van der Waals surface area contributed by atoms with Crippen LogP contribution in [0.4, 0.5) is 11.8 Å². The Hall–Kier alpha value is -4.10. The van der Waals surface area contributed by atoms with Crippen LogP contribution in [0.2, 0.25) is 0 Å². The van der Waals surface area contributed by atoms with E-state index in [0.29, 0.717) is 24.4 Å². The fourth-order valence-electron chi connectivity index (χ4n) is 4.66. The lowest BCUT2D eigenvalue weighted by atomic mass is 9.95. The molecule has 0 unspecified atom stereocenters. The topological polar surface area (TPSA) is 87.2 Å². The van der Waals surface area contributed by atoms with Crippen LogP contribution in [-0.4, -0.2) is 34.9 Å². The van der Waals surface area contributed by atoms with Gasteiger partial charge in [0.25, 0.3) is 5.91 Å². The number of carbonyl (C=O) groups excluding carboxylic acids is 2. The third kappa shape index (κ3) is 4.97. The van der Waals surface area contributed by atoms with Gasteiger partial charge in [-0.1, -0.05) is 66.7 Å². The van der Waals surface area contributed by atoms with Crippen LogP contribution in [0.1, 0.15) is 41.7 Å². The number of imide groups is 1. The molecule has 0 radical (unpaired) electrons. The second kappa shape index (κ2) is 10.7. The van der Waals surface area contributed by atoms with Crippen molar-refractivity contribution in [2.45, 2.75) is 25.8 Å². The zero-order valence-electron chi connectivity index (χ0n) is 20.2. The molecule has 0 spiro atoms. The van der Waals surface area contributed by atoms with Crippen LogP contribution < -0.4 is 15.5 Å². The Morgan fingerprint density at radius 2 is 1.67 bits per heavy atom. The first-order chi connectivity index (χ1) is 17.6. The van der Waals surface area contributed by atoms with Gasteiger partial charge >= 0.3 is 0 Å². The van der Waals surface area contributed by atoms with Gasteiger partial charge in [0.1, 0.15) is 5.82 Å². The molecule has 1 saturated heterocycles. The smallest absolute Gasteiger partial charge is 0.266 e. The van der Waals surface area contributed by atoms with E-state index in [9.17, 15) is 9.59 Å². The number of aromatic nitrogens is 2. The average Bonchev–Trinajstić information content (AvgIpc) is 2.94. The molecule has 2 N–H and O–H groups in total.